The Morgan fingerprint density at radius 2 is 1.57 bits per heavy atom. The van der Waals surface area contributed by atoms with Gasteiger partial charge in [0, 0.05) is 31.0 Å². The van der Waals surface area contributed by atoms with Gasteiger partial charge >= 0.3 is 0 Å². The van der Waals surface area contributed by atoms with E-state index in [4.69, 9.17) is 0 Å². The number of nitrogens with one attached hydrogen (secondary N) is 1. The van der Waals surface area contributed by atoms with Gasteiger partial charge in [-0.05, 0) is 67.8 Å². The van der Waals surface area contributed by atoms with Crippen molar-refractivity contribution in [3.8, 4) is 0 Å². The molecule has 3 heteroatoms. The fourth-order valence-electron chi connectivity index (χ4n) is 2.55. The van der Waals surface area contributed by atoms with Crippen LogP contribution < -0.4 is 10.2 Å². The number of anilines is 2. The average molecular weight is 282 g/mol. The standard InChI is InChI=1S/C18H22N2O/c1-12-8-13(2)10-16(9-12)19-18(21)15-6-7-17(20(4)5)14(3)11-15/h6-11H,1-5H3,(H,19,21). The van der Waals surface area contributed by atoms with Crippen molar-refractivity contribution in [3.63, 3.8) is 0 Å². The third kappa shape index (κ3) is 3.63. The molecule has 2 aromatic carbocycles. The molecule has 0 aromatic heterocycles. The lowest BCUT2D eigenvalue weighted by Crippen LogP contribution is -2.14. The van der Waals surface area contributed by atoms with Crippen LogP contribution in [0.3, 0.4) is 0 Å². The zero-order valence-electron chi connectivity index (χ0n) is 13.3. The number of hydrogen-bond donors (Lipinski definition) is 1. The van der Waals surface area contributed by atoms with Crippen molar-refractivity contribution in [2.75, 3.05) is 24.3 Å². The number of nitrogens with zero attached hydrogens (tertiary/aromatic N) is 1. The predicted molar refractivity (Wildman–Crippen MR) is 89.4 cm³/mol. The third-order valence-electron chi connectivity index (χ3n) is 3.42. The Morgan fingerprint density at radius 3 is 2.10 bits per heavy atom. The minimum Gasteiger partial charge on any atom is -0.377 e. The molecule has 2 rings (SSSR count). The van der Waals surface area contributed by atoms with Gasteiger partial charge in [0.25, 0.3) is 5.91 Å². The SMILES string of the molecule is Cc1cc(C)cc(NC(=O)c2ccc(N(C)C)c(C)c2)c1. The van der Waals surface area contributed by atoms with E-state index < -0.39 is 0 Å². The van der Waals surface area contributed by atoms with Crippen LogP contribution >= 0.6 is 0 Å². The van der Waals surface area contributed by atoms with Crippen LogP contribution in [-0.2, 0) is 0 Å². The highest BCUT2D eigenvalue weighted by molar-refractivity contribution is 6.04. The number of hydrogen-bond acceptors (Lipinski definition) is 2. The summed E-state index contributed by atoms with van der Waals surface area (Å²) in [4.78, 5) is 14.4. The van der Waals surface area contributed by atoms with Crippen LogP contribution in [0.2, 0.25) is 0 Å². The zero-order chi connectivity index (χ0) is 15.6. The van der Waals surface area contributed by atoms with Crippen LogP contribution in [-0.4, -0.2) is 20.0 Å². The van der Waals surface area contributed by atoms with E-state index in [0.717, 1.165) is 28.1 Å². The molecule has 21 heavy (non-hydrogen) atoms. The molecule has 0 saturated carbocycles. The molecule has 0 fully saturated rings. The smallest absolute Gasteiger partial charge is 0.255 e. The molecular formula is C18H22N2O. The Bertz CT molecular complexity index is 655. The molecule has 110 valence electrons. The highest BCUT2D eigenvalue weighted by Crippen LogP contribution is 2.20. The molecule has 2 aromatic rings. The van der Waals surface area contributed by atoms with Crippen LogP contribution in [0.5, 0.6) is 0 Å². The summed E-state index contributed by atoms with van der Waals surface area (Å²) in [6.07, 6.45) is 0. The monoisotopic (exact) mass is 282 g/mol. The van der Waals surface area contributed by atoms with Crippen LogP contribution in [0.1, 0.15) is 27.0 Å². The lowest BCUT2D eigenvalue weighted by Gasteiger charge is -2.16. The van der Waals surface area contributed by atoms with Crippen molar-refractivity contribution in [1.29, 1.82) is 0 Å². The zero-order valence-corrected chi connectivity index (χ0v) is 13.3. The number of carbonyl (C=O) groups excluding carboxylic acids is 1. The van der Waals surface area contributed by atoms with Gasteiger partial charge in [-0.15, -0.1) is 0 Å². The van der Waals surface area contributed by atoms with E-state index in [1.54, 1.807) is 0 Å². The maximum absolute atomic E-state index is 12.3. The van der Waals surface area contributed by atoms with Gasteiger partial charge in [0.2, 0.25) is 0 Å². The van der Waals surface area contributed by atoms with Crippen molar-refractivity contribution >= 4 is 17.3 Å². The molecule has 0 atom stereocenters. The van der Waals surface area contributed by atoms with Gasteiger partial charge in [0.05, 0.1) is 0 Å². The average Bonchev–Trinajstić information content (AvgIpc) is 2.36. The van der Waals surface area contributed by atoms with Gasteiger partial charge in [-0.25, -0.2) is 0 Å². The lowest BCUT2D eigenvalue weighted by atomic mass is 10.1. The van der Waals surface area contributed by atoms with E-state index in [9.17, 15) is 4.79 Å². The Kier molecular flexibility index (Phi) is 4.32. The number of benzene rings is 2. The molecule has 0 aliphatic heterocycles. The molecule has 3 nitrogen and oxygen atoms in total. The first-order valence-electron chi connectivity index (χ1n) is 7.04. The highest BCUT2D eigenvalue weighted by atomic mass is 16.1. The lowest BCUT2D eigenvalue weighted by molar-refractivity contribution is 0.102. The summed E-state index contributed by atoms with van der Waals surface area (Å²) in [5, 5.41) is 2.96. The van der Waals surface area contributed by atoms with E-state index in [2.05, 4.69) is 11.4 Å². The van der Waals surface area contributed by atoms with Crippen molar-refractivity contribution < 1.29 is 4.79 Å². The molecule has 0 radical (unpaired) electrons. The van der Waals surface area contributed by atoms with Gasteiger partial charge in [0.15, 0.2) is 0 Å². The molecule has 1 amide bonds. The summed E-state index contributed by atoms with van der Waals surface area (Å²) in [5.41, 5.74) is 6.02. The predicted octanol–water partition coefficient (Wildman–Crippen LogP) is 3.93. The summed E-state index contributed by atoms with van der Waals surface area (Å²) in [6, 6.07) is 11.8. The number of amides is 1. The topological polar surface area (TPSA) is 32.3 Å². The van der Waals surface area contributed by atoms with Gasteiger partial charge in [-0.2, -0.15) is 0 Å². The van der Waals surface area contributed by atoms with Crippen molar-refractivity contribution in [3.05, 3.63) is 58.7 Å². The summed E-state index contributed by atoms with van der Waals surface area (Å²) in [5.74, 6) is -0.0755. The first-order chi connectivity index (χ1) is 9.86. The second-order valence-corrected chi connectivity index (χ2v) is 5.73. The second-order valence-electron chi connectivity index (χ2n) is 5.73. The van der Waals surface area contributed by atoms with E-state index in [-0.39, 0.29) is 5.91 Å². The fraction of sp³-hybridized carbons (Fsp3) is 0.278. The van der Waals surface area contributed by atoms with Crippen molar-refractivity contribution in [1.82, 2.24) is 0 Å². The molecule has 0 saturated heterocycles. The van der Waals surface area contributed by atoms with E-state index >= 15 is 0 Å². The summed E-state index contributed by atoms with van der Waals surface area (Å²) in [6.45, 7) is 6.07. The Balaban J connectivity index is 2.22. The van der Waals surface area contributed by atoms with Crippen molar-refractivity contribution in [2.24, 2.45) is 0 Å². The molecule has 0 heterocycles. The van der Waals surface area contributed by atoms with Gasteiger partial charge in [-0.1, -0.05) is 6.07 Å². The molecule has 0 aliphatic rings. The number of rotatable bonds is 3. The van der Waals surface area contributed by atoms with E-state index in [0.29, 0.717) is 5.56 Å². The van der Waals surface area contributed by atoms with Crippen molar-refractivity contribution in [2.45, 2.75) is 20.8 Å². The summed E-state index contributed by atoms with van der Waals surface area (Å²) >= 11 is 0. The van der Waals surface area contributed by atoms with E-state index in [1.165, 1.54) is 0 Å². The number of carbonyl (C=O) groups is 1. The Labute approximate surface area is 126 Å². The van der Waals surface area contributed by atoms with Crippen LogP contribution in [0.4, 0.5) is 11.4 Å². The summed E-state index contributed by atoms with van der Waals surface area (Å²) in [7, 11) is 4.00. The quantitative estimate of drug-likeness (QED) is 0.925. The molecule has 0 unspecified atom stereocenters. The minimum atomic E-state index is -0.0755. The molecule has 0 spiro atoms. The maximum Gasteiger partial charge on any atom is 0.255 e. The van der Waals surface area contributed by atoms with Gasteiger partial charge in [-0.3, -0.25) is 4.79 Å². The first-order valence-corrected chi connectivity index (χ1v) is 7.04. The fourth-order valence-corrected chi connectivity index (χ4v) is 2.55. The molecular weight excluding hydrogens is 260 g/mol. The molecule has 1 N–H and O–H groups in total. The second kappa shape index (κ2) is 6.00. The van der Waals surface area contributed by atoms with Crippen LogP contribution in [0.15, 0.2) is 36.4 Å². The summed E-state index contributed by atoms with van der Waals surface area (Å²) < 4.78 is 0. The molecule has 0 bridgehead atoms. The minimum absolute atomic E-state index is 0.0755. The number of aryl methyl sites for hydroxylation is 3. The van der Waals surface area contributed by atoms with Crippen LogP contribution in [0, 0.1) is 20.8 Å². The Hall–Kier alpha value is -2.29. The van der Waals surface area contributed by atoms with E-state index in [1.807, 2.05) is 70.1 Å². The molecule has 0 aliphatic carbocycles. The van der Waals surface area contributed by atoms with Crippen LogP contribution in [0.25, 0.3) is 0 Å². The normalized spacial score (nSPS) is 10.3. The largest absolute Gasteiger partial charge is 0.377 e. The Morgan fingerprint density at radius 1 is 0.952 bits per heavy atom. The first kappa shape index (κ1) is 15.1. The highest BCUT2D eigenvalue weighted by Gasteiger charge is 2.09. The third-order valence-corrected chi connectivity index (χ3v) is 3.42. The van der Waals surface area contributed by atoms with Gasteiger partial charge < -0.3 is 10.2 Å². The van der Waals surface area contributed by atoms with Gasteiger partial charge in [0.1, 0.15) is 0 Å². The maximum atomic E-state index is 12.3.